The molecule has 0 aliphatic carbocycles. The Kier molecular flexibility index (Phi) is 4.80. The van der Waals surface area contributed by atoms with E-state index in [1.165, 1.54) is 5.56 Å². The summed E-state index contributed by atoms with van der Waals surface area (Å²) in [6, 6.07) is 15.0. The number of thiophene rings is 1. The summed E-state index contributed by atoms with van der Waals surface area (Å²) in [6.45, 7) is 9.03. The highest BCUT2D eigenvalue weighted by Gasteiger charge is 2.26. The third kappa shape index (κ3) is 2.84. The zero-order valence-electron chi connectivity index (χ0n) is 16.2. The topological polar surface area (TPSA) is 61.8 Å². The van der Waals surface area contributed by atoms with Crippen LogP contribution >= 0.6 is 11.3 Å². The monoisotopic (exact) mass is 385 g/mol. The minimum absolute atomic E-state index is 0.366. The molecule has 3 aromatic rings. The van der Waals surface area contributed by atoms with Crippen LogP contribution in [-0.2, 0) is 0 Å². The van der Waals surface area contributed by atoms with Crippen molar-refractivity contribution in [3.8, 4) is 28.3 Å². The Morgan fingerprint density at radius 2 is 1.96 bits per heavy atom. The van der Waals surface area contributed by atoms with Crippen molar-refractivity contribution < 1.29 is 0 Å². The van der Waals surface area contributed by atoms with Crippen LogP contribution in [0.3, 0.4) is 0 Å². The predicted molar refractivity (Wildman–Crippen MR) is 119 cm³/mol. The maximum atomic E-state index is 9.87. The Hall–Kier alpha value is -2.87. The lowest BCUT2D eigenvalue weighted by atomic mass is 9.85. The van der Waals surface area contributed by atoms with E-state index in [9.17, 15) is 5.26 Å². The Bertz CT molecular complexity index is 1100. The minimum atomic E-state index is 0.366. The number of nitrogens with zero attached hydrogens (tertiary/aromatic N) is 1. The van der Waals surface area contributed by atoms with E-state index in [0.717, 1.165) is 50.5 Å². The number of fused-ring (bicyclic) bond motifs is 3. The highest BCUT2D eigenvalue weighted by atomic mass is 32.1. The first-order valence-corrected chi connectivity index (χ1v) is 10.4. The van der Waals surface area contributed by atoms with Crippen molar-refractivity contribution in [2.75, 3.05) is 11.9 Å². The molecule has 4 rings (SSSR count). The van der Waals surface area contributed by atoms with Crippen LogP contribution in [0.5, 0.6) is 0 Å². The first-order valence-electron chi connectivity index (χ1n) is 9.51. The third-order valence-corrected chi connectivity index (χ3v) is 6.55. The second kappa shape index (κ2) is 7.27. The van der Waals surface area contributed by atoms with Crippen molar-refractivity contribution in [2.45, 2.75) is 26.2 Å². The Balaban J connectivity index is 1.95. The SMILES string of the molecule is C=C1Nc2c(C)cc(C#N)c(-c3ccc(C(CC)CN)cc3)c2-c2ccsc21. The Morgan fingerprint density at radius 1 is 1.21 bits per heavy atom. The maximum absolute atomic E-state index is 9.87. The summed E-state index contributed by atoms with van der Waals surface area (Å²) < 4.78 is 0. The predicted octanol–water partition coefficient (Wildman–Crippen LogP) is 6.11. The summed E-state index contributed by atoms with van der Waals surface area (Å²) in [5, 5.41) is 15.4. The molecule has 4 heteroatoms. The summed E-state index contributed by atoms with van der Waals surface area (Å²) in [5.41, 5.74) is 15.1. The molecule has 140 valence electrons. The van der Waals surface area contributed by atoms with Crippen molar-refractivity contribution >= 4 is 22.7 Å². The molecule has 3 nitrogen and oxygen atoms in total. The molecule has 0 bridgehead atoms. The zero-order chi connectivity index (χ0) is 19.8. The molecule has 2 aromatic carbocycles. The van der Waals surface area contributed by atoms with E-state index in [-0.39, 0.29) is 0 Å². The van der Waals surface area contributed by atoms with Gasteiger partial charge >= 0.3 is 0 Å². The average Bonchev–Trinajstić information content (AvgIpc) is 3.21. The molecule has 0 saturated carbocycles. The summed E-state index contributed by atoms with van der Waals surface area (Å²) in [4.78, 5) is 1.13. The highest BCUT2D eigenvalue weighted by molar-refractivity contribution is 7.11. The van der Waals surface area contributed by atoms with Crippen LogP contribution in [0.1, 0.15) is 40.8 Å². The largest absolute Gasteiger partial charge is 0.354 e. The van der Waals surface area contributed by atoms with Crippen molar-refractivity contribution in [2.24, 2.45) is 5.73 Å². The lowest BCUT2D eigenvalue weighted by Gasteiger charge is -2.26. The van der Waals surface area contributed by atoms with Gasteiger partial charge in [0, 0.05) is 22.4 Å². The van der Waals surface area contributed by atoms with Gasteiger partial charge in [-0.3, -0.25) is 0 Å². The summed E-state index contributed by atoms with van der Waals surface area (Å²) in [5.74, 6) is 0.366. The van der Waals surface area contributed by atoms with Crippen LogP contribution < -0.4 is 11.1 Å². The van der Waals surface area contributed by atoms with Gasteiger partial charge in [-0.25, -0.2) is 0 Å². The van der Waals surface area contributed by atoms with Gasteiger partial charge in [0.25, 0.3) is 0 Å². The summed E-state index contributed by atoms with van der Waals surface area (Å²) in [7, 11) is 0. The van der Waals surface area contributed by atoms with Crippen molar-refractivity contribution in [3.63, 3.8) is 0 Å². The van der Waals surface area contributed by atoms with Crippen molar-refractivity contribution in [3.05, 3.63) is 69.9 Å². The Morgan fingerprint density at radius 3 is 2.61 bits per heavy atom. The average molecular weight is 386 g/mol. The smallest absolute Gasteiger partial charge is 0.0998 e. The van der Waals surface area contributed by atoms with E-state index in [0.29, 0.717) is 18.0 Å². The van der Waals surface area contributed by atoms with Crippen LogP contribution in [0.25, 0.3) is 28.0 Å². The van der Waals surface area contributed by atoms with Gasteiger partial charge in [0.1, 0.15) is 0 Å². The second-order valence-corrected chi connectivity index (χ2v) is 8.12. The number of nitriles is 1. The van der Waals surface area contributed by atoms with E-state index in [4.69, 9.17) is 5.73 Å². The van der Waals surface area contributed by atoms with E-state index in [1.54, 1.807) is 11.3 Å². The number of hydrogen-bond acceptors (Lipinski definition) is 4. The number of nitrogens with two attached hydrogens (primary N) is 1. The first kappa shape index (κ1) is 18.5. The summed E-state index contributed by atoms with van der Waals surface area (Å²) in [6.07, 6.45) is 1.02. The molecule has 1 aromatic heterocycles. The van der Waals surface area contributed by atoms with Gasteiger partial charge in [0.2, 0.25) is 0 Å². The standard InChI is InChI=1S/C24H23N3S/c1-4-16(12-25)17-5-7-18(8-6-17)21-19(13-26)11-14(2)23-22(21)20-9-10-28-24(20)15(3)27-23/h5-11,16,27H,3-4,12,25H2,1-2H3. The van der Waals surface area contributed by atoms with Crippen LogP contribution in [0.4, 0.5) is 5.69 Å². The minimum Gasteiger partial charge on any atom is -0.354 e. The quantitative estimate of drug-likeness (QED) is 0.569. The first-order chi connectivity index (χ1) is 13.6. The van der Waals surface area contributed by atoms with Crippen LogP contribution in [0.2, 0.25) is 0 Å². The molecule has 0 amide bonds. The summed E-state index contributed by atoms with van der Waals surface area (Å²) >= 11 is 1.67. The number of anilines is 1. The lowest BCUT2D eigenvalue weighted by Crippen LogP contribution is -2.11. The maximum Gasteiger partial charge on any atom is 0.0998 e. The van der Waals surface area contributed by atoms with Gasteiger partial charge in [-0.2, -0.15) is 5.26 Å². The van der Waals surface area contributed by atoms with E-state index in [2.05, 4.69) is 60.6 Å². The van der Waals surface area contributed by atoms with Gasteiger partial charge in [0.15, 0.2) is 0 Å². The molecule has 1 aliphatic rings. The van der Waals surface area contributed by atoms with Gasteiger partial charge < -0.3 is 11.1 Å². The second-order valence-electron chi connectivity index (χ2n) is 7.21. The van der Waals surface area contributed by atoms with Crippen LogP contribution in [0, 0.1) is 18.3 Å². The molecule has 1 unspecified atom stereocenters. The van der Waals surface area contributed by atoms with Crippen LogP contribution in [0.15, 0.2) is 48.4 Å². The van der Waals surface area contributed by atoms with Crippen molar-refractivity contribution in [1.29, 1.82) is 5.26 Å². The van der Waals surface area contributed by atoms with Crippen molar-refractivity contribution in [1.82, 2.24) is 0 Å². The normalized spacial score (nSPS) is 13.3. The number of aryl methyl sites for hydroxylation is 1. The number of hydrogen-bond donors (Lipinski definition) is 2. The molecular weight excluding hydrogens is 362 g/mol. The Labute approximate surface area is 170 Å². The lowest BCUT2D eigenvalue weighted by molar-refractivity contribution is 0.674. The molecule has 0 radical (unpaired) electrons. The zero-order valence-corrected chi connectivity index (χ0v) is 17.0. The van der Waals surface area contributed by atoms with E-state index in [1.807, 2.05) is 13.0 Å². The third-order valence-electron chi connectivity index (χ3n) is 5.58. The van der Waals surface area contributed by atoms with Gasteiger partial charge in [-0.15, -0.1) is 11.3 Å². The van der Waals surface area contributed by atoms with Crippen LogP contribution in [-0.4, -0.2) is 6.54 Å². The molecule has 1 atom stereocenters. The van der Waals surface area contributed by atoms with Gasteiger partial charge in [0.05, 0.1) is 22.2 Å². The number of rotatable bonds is 4. The fourth-order valence-electron chi connectivity index (χ4n) is 4.04. The molecule has 28 heavy (non-hydrogen) atoms. The number of nitrogens with one attached hydrogen (secondary N) is 1. The van der Waals surface area contributed by atoms with Gasteiger partial charge in [-0.05, 0) is 60.0 Å². The molecule has 0 spiro atoms. The molecule has 2 heterocycles. The fraction of sp³-hybridized carbons (Fsp3) is 0.208. The molecule has 0 saturated heterocycles. The molecule has 3 N–H and O–H groups in total. The van der Waals surface area contributed by atoms with E-state index >= 15 is 0 Å². The fourth-order valence-corrected chi connectivity index (χ4v) is 4.87. The molecule has 1 aliphatic heterocycles. The molecule has 0 fully saturated rings. The van der Waals surface area contributed by atoms with E-state index < -0.39 is 0 Å². The number of benzene rings is 2. The highest BCUT2D eigenvalue weighted by Crippen LogP contribution is 2.49. The van der Waals surface area contributed by atoms with Gasteiger partial charge in [-0.1, -0.05) is 37.8 Å². The molecular formula is C24H23N3S.